The Kier molecular flexibility index (Phi) is 5.76. The van der Waals surface area contributed by atoms with Crippen LogP contribution in [0.5, 0.6) is 5.75 Å². The molecule has 5 heteroatoms. The molecule has 1 saturated heterocycles. The molecule has 138 valence electrons. The van der Waals surface area contributed by atoms with Crippen LogP contribution < -0.4 is 10.1 Å². The van der Waals surface area contributed by atoms with Gasteiger partial charge >= 0.3 is 0 Å². The highest BCUT2D eigenvalue weighted by molar-refractivity contribution is 5.93. The average molecular weight is 353 g/mol. The van der Waals surface area contributed by atoms with Crippen molar-refractivity contribution in [1.82, 2.24) is 9.88 Å². The number of carbonyl (C=O) groups excluding carboxylic acids is 1. The summed E-state index contributed by atoms with van der Waals surface area (Å²) in [5.74, 6) is 1.41. The zero-order valence-corrected chi connectivity index (χ0v) is 15.7. The standard InChI is InChI=1S/C21H27N3O2/c1-15(2)26-19-8-6-17(7-9-19)23-18-10-11-22-20(13-18)21(25)24-12-4-5-16(3)14-24/h6-11,13,15-16H,4-5,12,14H2,1-3H3,(H,22,23). The van der Waals surface area contributed by atoms with Crippen molar-refractivity contribution in [3.63, 3.8) is 0 Å². The number of likely N-dealkylation sites (tertiary alicyclic amines) is 1. The topological polar surface area (TPSA) is 54.5 Å². The van der Waals surface area contributed by atoms with Crippen molar-refractivity contribution in [1.29, 1.82) is 0 Å². The normalized spacial score (nSPS) is 17.2. The molecule has 1 aromatic heterocycles. The monoisotopic (exact) mass is 353 g/mol. The fourth-order valence-electron chi connectivity index (χ4n) is 3.22. The van der Waals surface area contributed by atoms with Gasteiger partial charge in [-0.2, -0.15) is 0 Å². The van der Waals surface area contributed by atoms with Crippen LogP contribution in [-0.4, -0.2) is 35.0 Å². The summed E-state index contributed by atoms with van der Waals surface area (Å²) in [6, 6.07) is 11.5. The second kappa shape index (κ2) is 8.21. The van der Waals surface area contributed by atoms with E-state index in [1.165, 1.54) is 6.42 Å². The van der Waals surface area contributed by atoms with E-state index in [-0.39, 0.29) is 12.0 Å². The van der Waals surface area contributed by atoms with Crippen molar-refractivity contribution in [2.24, 2.45) is 5.92 Å². The Labute approximate surface area is 155 Å². The van der Waals surface area contributed by atoms with Crippen molar-refractivity contribution < 1.29 is 9.53 Å². The lowest BCUT2D eigenvalue weighted by molar-refractivity contribution is 0.0677. The molecule has 1 N–H and O–H groups in total. The van der Waals surface area contributed by atoms with Gasteiger partial charge in [0.15, 0.2) is 0 Å². The number of nitrogens with one attached hydrogen (secondary N) is 1. The SMILES string of the molecule is CC1CCCN(C(=O)c2cc(Nc3ccc(OC(C)C)cc3)ccn2)C1. The number of carbonyl (C=O) groups is 1. The Morgan fingerprint density at radius 2 is 2.00 bits per heavy atom. The zero-order valence-electron chi connectivity index (χ0n) is 15.7. The van der Waals surface area contributed by atoms with Gasteiger partial charge in [-0.1, -0.05) is 6.92 Å². The number of hydrogen-bond acceptors (Lipinski definition) is 4. The summed E-state index contributed by atoms with van der Waals surface area (Å²) in [7, 11) is 0. The van der Waals surface area contributed by atoms with Crippen LogP contribution in [0.1, 0.15) is 44.1 Å². The van der Waals surface area contributed by atoms with Gasteiger partial charge in [-0.25, -0.2) is 0 Å². The van der Waals surface area contributed by atoms with Gasteiger partial charge in [0.1, 0.15) is 11.4 Å². The molecular weight excluding hydrogens is 326 g/mol. The maximum Gasteiger partial charge on any atom is 0.272 e. The van der Waals surface area contributed by atoms with Gasteiger partial charge in [-0.15, -0.1) is 0 Å². The number of aromatic nitrogens is 1. The third kappa shape index (κ3) is 4.75. The molecule has 0 bridgehead atoms. The van der Waals surface area contributed by atoms with E-state index in [9.17, 15) is 4.79 Å². The van der Waals surface area contributed by atoms with Gasteiger partial charge in [0.05, 0.1) is 6.10 Å². The van der Waals surface area contributed by atoms with Gasteiger partial charge in [0.25, 0.3) is 5.91 Å². The molecule has 1 unspecified atom stereocenters. The van der Waals surface area contributed by atoms with Crippen molar-refractivity contribution in [2.75, 3.05) is 18.4 Å². The molecule has 1 aromatic carbocycles. The van der Waals surface area contributed by atoms with E-state index < -0.39 is 0 Å². The van der Waals surface area contributed by atoms with Crippen LogP contribution in [0.4, 0.5) is 11.4 Å². The molecule has 0 radical (unpaired) electrons. The van der Waals surface area contributed by atoms with Crippen LogP contribution in [0.25, 0.3) is 0 Å². The Balaban J connectivity index is 1.68. The average Bonchev–Trinajstić information content (AvgIpc) is 2.62. The summed E-state index contributed by atoms with van der Waals surface area (Å²) in [4.78, 5) is 18.9. The Morgan fingerprint density at radius 1 is 1.23 bits per heavy atom. The van der Waals surface area contributed by atoms with Crippen LogP contribution in [0.15, 0.2) is 42.6 Å². The molecule has 3 rings (SSSR count). The molecule has 0 aliphatic carbocycles. The number of ether oxygens (including phenoxy) is 1. The molecule has 0 saturated carbocycles. The molecule has 1 aliphatic heterocycles. The minimum absolute atomic E-state index is 0.0147. The van der Waals surface area contributed by atoms with E-state index in [0.717, 1.165) is 36.6 Å². The third-order valence-electron chi connectivity index (χ3n) is 4.44. The van der Waals surface area contributed by atoms with E-state index in [0.29, 0.717) is 11.6 Å². The predicted octanol–water partition coefficient (Wildman–Crippen LogP) is 4.48. The highest BCUT2D eigenvalue weighted by Crippen LogP contribution is 2.22. The van der Waals surface area contributed by atoms with E-state index in [1.54, 1.807) is 6.20 Å². The van der Waals surface area contributed by atoms with Gasteiger partial charge in [0, 0.05) is 30.7 Å². The molecule has 1 amide bonds. The number of rotatable bonds is 5. The molecule has 0 spiro atoms. The van der Waals surface area contributed by atoms with Crippen molar-refractivity contribution in [3.05, 3.63) is 48.3 Å². The molecule has 5 nitrogen and oxygen atoms in total. The molecule has 1 fully saturated rings. The van der Waals surface area contributed by atoms with Crippen molar-refractivity contribution in [3.8, 4) is 5.75 Å². The quantitative estimate of drug-likeness (QED) is 0.861. The fraction of sp³-hybridized carbons (Fsp3) is 0.429. The van der Waals surface area contributed by atoms with E-state index in [4.69, 9.17) is 4.74 Å². The largest absolute Gasteiger partial charge is 0.491 e. The van der Waals surface area contributed by atoms with Crippen LogP contribution in [0.3, 0.4) is 0 Å². The Bertz CT molecular complexity index is 743. The first kappa shape index (κ1) is 18.2. The smallest absolute Gasteiger partial charge is 0.272 e. The Morgan fingerprint density at radius 3 is 2.69 bits per heavy atom. The third-order valence-corrected chi connectivity index (χ3v) is 4.44. The maximum atomic E-state index is 12.7. The second-order valence-electron chi connectivity index (χ2n) is 7.24. The van der Waals surface area contributed by atoms with Crippen LogP contribution in [-0.2, 0) is 0 Å². The molecule has 1 atom stereocenters. The molecule has 2 aromatic rings. The molecule has 2 heterocycles. The first-order valence-electron chi connectivity index (χ1n) is 9.30. The fourth-order valence-corrected chi connectivity index (χ4v) is 3.22. The lowest BCUT2D eigenvalue weighted by atomic mass is 10.00. The number of pyridine rings is 1. The van der Waals surface area contributed by atoms with Gasteiger partial charge in [-0.05, 0) is 69.0 Å². The van der Waals surface area contributed by atoms with Gasteiger partial charge < -0.3 is 15.0 Å². The minimum Gasteiger partial charge on any atom is -0.491 e. The summed E-state index contributed by atoms with van der Waals surface area (Å²) in [6.45, 7) is 7.84. The summed E-state index contributed by atoms with van der Waals surface area (Å²) in [5, 5.41) is 3.33. The summed E-state index contributed by atoms with van der Waals surface area (Å²) in [6.07, 6.45) is 4.09. The van der Waals surface area contributed by atoms with Crippen LogP contribution in [0.2, 0.25) is 0 Å². The number of hydrogen-bond donors (Lipinski definition) is 1. The van der Waals surface area contributed by atoms with Crippen LogP contribution in [0, 0.1) is 5.92 Å². The van der Waals surface area contributed by atoms with E-state index in [2.05, 4.69) is 17.2 Å². The van der Waals surface area contributed by atoms with E-state index in [1.807, 2.05) is 55.1 Å². The van der Waals surface area contributed by atoms with Gasteiger partial charge in [-0.3, -0.25) is 9.78 Å². The molecule has 26 heavy (non-hydrogen) atoms. The first-order chi connectivity index (χ1) is 12.5. The Hall–Kier alpha value is -2.56. The van der Waals surface area contributed by atoms with Crippen molar-refractivity contribution >= 4 is 17.3 Å². The first-order valence-corrected chi connectivity index (χ1v) is 9.30. The maximum absolute atomic E-state index is 12.7. The molecular formula is C21H27N3O2. The summed E-state index contributed by atoms with van der Waals surface area (Å²) >= 11 is 0. The number of amides is 1. The number of piperidine rings is 1. The highest BCUT2D eigenvalue weighted by Gasteiger charge is 2.23. The minimum atomic E-state index is 0.0147. The number of benzene rings is 1. The van der Waals surface area contributed by atoms with Crippen LogP contribution >= 0.6 is 0 Å². The number of nitrogens with zero attached hydrogens (tertiary/aromatic N) is 2. The van der Waals surface area contributed by atoms with Gasteiger partial charge in [0.2, 0.25) is 0 Å². The lowest BCUT2D eigenvalue weighted by Gasteiger charge is -2.30. The van der Waals surface area contributed by atoms with Crippen molar-refractivity contribution in [2.45, 2.75) is 39.7 Å². The highest BCUT2D eigenvalue weighted by atomic mass is 16.5. The second-order valence-corrected chi connectivity index (χ2v) is 7.24. The lowest BCUT2D eigenvalue weighted by Crippen LogP contribution is -2.39. The molecule has 1 aliphatic rings. The van der Waals surface area contributed by atoms with E-state index >= 15 is 0 Å². The number of anilines is 2. The summed E-state index contributed by atoms with van der Waals surface area (Å²) < 4.78 is 5.66. The zero-order chi connectivity index (χ0) is 18.5. The predicted molar refractivity (Wildman–Crippen MR) is 104 cm³/mol. The summed E-state index contributed by atoms with van der Waals surface area (Å²) in [5.41, 5.74) is 2.28.